The van der Waals surface area contributed by atoms with Crippen molar-refractivity contribution in [1.29, 1.82) is 5.41 Å². The number of halogens is 4. The fraction of sp³-hybridized carbons (Fsp3) is 0.615. The van der Waals surface area contributed by atoms with Gasteiger partial charge in [0.1, 0.15) is 0 Å². The van der Waals surface area contributed by atoms with Gasteiger partial charge in [-0.15, -0.1) is 0 Å². The molecule has 2 saturated carbocycles. The molecule has 198 valence electrons. The van der Waals surface area contributed by atoms with Crippen LogP contribution in [0, 0.1) is 16.2 Å². The second-order valence-electron chi connectivity index (χ2n) is 11.3. The Morgan fingerprint density at radius 2 is 1.72 bits per heavy atom. The van der Waals surface area contributed by atoms with Crippen LogP contribution in [-0.2, 0) is 4.79 Å². The second-order valence-corrected chi connectivity index (χ2v) is 12.1. The quantitative estimate of drug-likeness (QED) is 0.206. The number of alkyl halides is 2. The Morgan fingerprint density at radius 3 is 2.19 bits per heavy atom. The first-order chi connectivity index (χ1) is 16.7. The van der Waals surface area contributed by atoms with Crippen LogP contribution in [0.5, 0.6) is 0 Å². The van der Waals surface area contributed by atoms with Crippen LogP contribution in [0.2, 0.25) is 10.0 Å². The van der Waals surface area contributed by atoms with Crippen molar-refractivity contribution in [2.75, 3.05) is 13.1 Å². The van der Waals surface area contributed by atoms with E-state index in [2.05, 4.69) is 24.1 Å². The number of aromatic nitrogens is 1. The summed E-state index contributed by atoms with van der Waals surface area (Å²) in [6, 6.07) is -0.230. The lowest BCUT2D eigenvalue weighted by Gasteiger charge is -2.36. The minimum absolute atomic E-state index is 0.0245. The number of pyridine rings is 1. The van der Waals surface area contributed by atoms with Crippen molar-refractivity contribution in [2.45, 2.75) is 78.2 Å². The van der Waals surface area contributed by atoms with E-state index in [1.807, 2.05) is 6.92 Å². The van der Waals surface area contributed by atoms with E-state index in [0.29, 0.717) is 26.0 Å². The predicted molar refractivity (Wildman–Crippen MR) is 138 cm³/mol. The Kier molecular flexibility index (Phi) is 8.50. The Hall–Kier alpha value is -2.06. The summed E-state index contributed by atoms with van der Waals surface area (Å²) in [6.07, 6.45) is 8.02. The molecule has 1 aromatic rings. The molecular weight excluding hydrogens is 509 g/mol. The average Bonchev–Trinajstić information content (AvgIpc) is 3.50. The maximum Gasteiger partial charge on any atom is 0.285 e. The van der Waals surface area contributed by atoms with Gasteiger partial charge < -0.3 is 15.6 Å². The highest BCUT2D eigenvalue weighted by Gasteiger charge is 2.42. The maximum atomic E-state index is 14.8. The molecular formula is C26H34Cl2F2N4O2. The fourth-order valence-corrected chi connectivity index (χ4v) is 5.14. The number of hydrogen-bond donors (Lipinski definition) is 2. The summed E-state index contributed by atoms with van der Waals surface area (Å²) in [6.45, 7) is 6.76. The zero-order valence-corrected chi connectivity index (χ0v) is 22.7. The van der Waals surface area contributed by atoms with Gasteiger partial charge in [-0.05, 0) is 49.4 Å². The molecule has 0 saturated heterocycles. The number of hydrogen-bond acceptors (Lipinski definition) is 5. The van der Waals surface area contributed by atoms with E-state index in [0.717, 1.165) is 25.7 Å². The van der Waals surface area contributed by atoms with Crippen molar-refractivity contribution in [3.63, 3.8) is 0 Å². The zero-order valence-electron chi connectivity index (χ0n) is 21.2. The molecule has 10 heteroatoms. The van der Waals surface area contributed by atoms with Crippen LogP contribution < -0.4 is 5.32 Å². The first-order valence-corrected chi connectivity index (χ1v) is 12.9. The van der Waals surface area contributed by atoms with Crippen molar-refractivity contribution in [1.82, 2.24) is 15.2 Å². The van der Waals surface area contributed by atoms with E-state index in [-0.39, 0.29) is 39.0 Å². The second kappa shape index (κ2) is 10.7. The largest absolute Gasteiger partial charge is 0.380 e. The number of nitrogens with one attached hydrogen (secondary N) is 2. The van der Waals surface area contributed by atoms with Crippen molar-refractivity contribution in [2.24, 2.45) is 10.8 Å². The number of carbonyl (C=O) groups is 2. The molecule has 0 radical (unpaired) electrons. The molecule has 0 aromatic carbocycles. The topological polar surface area (TPSA) is 86.2 Å². The first kappa shape index (κ1) is 28.5. The molecule has 0 spiro atoms. The normalized spacial score (nSPS) is 19.8. The Balaban J connectivity index is 1.93. The van der Waals surface area contributed by atoms with E-state index in [1.54, 1.807) is 0 Å². The van der Waals surface area contributed by atoms with Gasteiger partial charge in [-0.25, -0.2) is 8.78 Å². The van der Waals surface area contributed by atoms with Gasteiger partial charge in [0.25, 0.3) is 11.8 Å². The van der Waals surface area contributed by atoms with Crippen LogP contribution in [0.15, 0.2) is 23.7 Å². The average molecular weight is 543 g/mol. The maximum absolute atomic E-state index is 14.8. The van der Waals surface area contributed by atoms with E-state index in [1.165, 1.54) is 17.3 Å². The molecule has 0 unspecified atom stereocenters. The lowest BCUT2D eigenvalue weighted by molar-refractivity contribution is -0.127. The van der Waals surface area contributed by atoms with Crippen molar-refractivity contribution in [3.8, 4) is 0 Å². The van der Waals surface area contributed by atoms with Crippen LogP contribution in [0.4, 0.5) is 8.78 Å². The lowest BCUT2D eigenvalue weighted by Crippen LogP contribution is -2.45. The fourth-order valence-electron chi connectivity index (χ4n) is 4.56. The molecule has 0 bridgehead atoms. The Labute approximate surface area is 221 Å². The monoisotopic (exact) mass is 542 g/mol. The summed E-state index contributed by atoms with van der Waals surface area (Å²) in [4.78, 5) is 31.9. The van der Waals surface area contributed by atoms with Gasteiger partial charge >= 0.3 is 0 Å². The molecule has 0 aliphatic heterocycles. The Bertz CT molecular complexity index is 1030. The Morgan fingerprint density at radius 1 is 1.17 bits per heavy atom. The number of carbonyl (C=O) groups excluding carboxylic acids is 2. The first-order valence-electron chi connectivity index (χ1n) is 12.2. The summed E-state index contributed by atoms with van der Waals surface area (Å²) in [5.74, 6) is -4.71. The third-order valence-electron chi connectivity index (χ3n) is 7.20. The number of ketones is 1. The molecule has 3 rings (SSSR count). The van der Waals surface area contributed by atoms with E-state index >= 15 is 0 Å². The van der Waals surface area contributed by atoms with E-state index in [9.17, 15) is 18.4 Å². The summed E-state index contributed by atoms with van der Waals surface area (Å²) >= 11 is 12.3. The number of nitrogens with zero attached hydrogens (tertiary/aromatic N) is 2. The molecule has 1 heterocycles. The van der Waals surface area contributed by atoms with Crippen LogP contribution in [0.3, 0.4) is 0 Å². The van der Waals surface area contributed by atoms with Gasteiger partial charge in [0, 0.05) is 38.1 Å². The zero-order chi connectivity index (χ0) is 26.9. The van der Waals surface area contributed by atoms with Crippen molar-refractivity contribution in [3.05, 3.63) is 39.3 Å². The molecule has 6 nitrogen and oxygen atoms in total. The minimum Gasteiger partial charge on any atom is -0.380 e. The SMILES string of the molecule is CC1(C)CCC(N/C(=C(\C=N)C(=O)N(CC(=O)c2c(Cl)cncc2Cl)CC2(C)CC2)C(C)(F)F)CC1. The molecule has 36 heavy (non-hydrogen) atoms. The van der Waals surface area contributed by atoms with Crippen LogP contribution in [0.25, 0.3) is 0 Å². The van der Waals surface area contributed by atoms with Gasteiger partial charge in [-0.1, -0.05) is 44.0 Å². The van der Waals surface area contributed by atoms with Gasteiger partial charge in [0.15, 0.2) is 5.78 Å². The molecule has 2 N–H and O–H groups in total. The van der Waals surface area contributed by atoms with E-state index < -0.39 is 35.4 Å². The minimum atomic E-state index is -3.38. The summed E-state index contributed by atoms with van der Waals surface area (Å²) in [7, 11) is 0. The predicted octanol–water partition coefficient (Wildman–Crippen LogP) is 6.32. The highest BCUT2D eigenvalue weighted by Crippen LogP contribution is 2.46. The number of allylic oxidation sites excluding steroid dienone is 1. The number of amides is 1. The molecule has 1 aromatic heterocycles. The molecule has 2 aliphatic rings. The highest BCUT2D eigenvalue weighted by atomic mass is 35.5. The molecule has 1 amide bonds. The van der Waals surface area contributed by atoms with Gasteiger partial charge in [0.05, 0.1) is 33.4 Å². The van der Waals surface area contributed by atoms with Crippen LogP contribution in [-0.4, -0.2) is 52.8 Å². The van der Waals surface area contributed by atoms with Crippen LogP contribution in [0.1, 0.15) is 76.6 Å². The smallest absolute Gasteiger partial charge is 0.285 e. The molecule has 0 atom stereocenters. The summed E-state index contributed by atoms with van der Waals surface area (Å²) < 4.78 is 29.7. The van der Waals surface area contributed by atoms with Gasteiger partial charge in [-0.3, -0.25) is 14.6 Å². The van der Waals surface area contributed by atoms with Gasteiger partial charge in [-0.2, -0.15) is 0 Å². The summed E-state index contributed by atoms with van der Waals surface area (Å²) in [5.41, 5.74) is -1.08. The summed E-state index contributed by atoms with van der Waals surface area (Å²) in [5, 5.41) is 10.9. The number of rotatable bonds is 10. The third kappa shape index (κ3) is 7.03. The third-order valence-corrected chi connectivity index (χ3v) is 7.77. The van der Waals surface area contributed by atoms with E-state index in [4.69, 9.17) is 28.6 Å². The van der Waals surface area contributed by atoms with Crippen molar-refractivity contribution >= 4 is 41.1 Å². The molecule has 2 aliphatic carbocycles. The van der Waals surface area contributed by atoms with Crippen molar-refractivity contribution < 1.29 is 18.4 Å². The highest BCUT2D eigenvalue weighted by molar-refractivity contribution is 6.39. The molecule has 2 fully saturated rings. The lowest BCUT2D eigenvalue weighted by atomic mass is 9.75. The van der Waals surface area contributed by atoms with Gasteiger partial charge in [0.2, 0.25) is 0 Å². The standard InChI is InChI=1S/C26H34Cl2F2N4O2/c1-24(2)7-5-16(6-8-24)33-22(26(4,29)30)17(11-31)23(36)34(15-25(3)9-10-25)14-20(35)21-18(27)12-32-13-19(21)28/h11-13,16,31,33H,5-10,14-15H2,1-4H3/b22-17+,31-11?. The van der Waals surface area contributed by atoms with Crippen LogP contribution >= 0.6 is 23.2 Å². The number of Topliss-reactive ketones (excluding diaryl/α,β-unsaturated/α-hetero) is 1.